The molecule has 4 heteroatoms. The second kappa shape index (κ2) is 5.38. The van der Waals surface area contributed by atoms with Crippen molar-refractivity contribution in [3.05, 3.63) is 46.3 Å². The number of nitrogens with zero attached hydrogens (tertiary/aromatic N) is 3. The Morgan fingerprint density at radius 3 is 2.55 bits per heavy atom. The Balaban J connectivity index is 2.36. The predicted molar refractivity (Wildman–Crippen MR) is 80.6 cm³/mol. The summed E-state index contributed by atoms with van der Waals surface area (Å²) in [5.41, 5.74) is 5.94. The molecule has 1 heterocycles. The van der Waals surface area contributed by atoms with Gasteiger partial charge >= 0.3 is 0 Å². The van der Waals surface area contributed by atoms with Crippen molar-refractivity contribution in [3.8, 4) is 6.07 Å². The van der Waals surface area contributed by atoms with Crippen LogP contribution in [0.25, 0.3) is 0 Å². The Morgan fingerprint density at radius 2 is 2.00 bits per heavy atom. The molecule has 0 bridgehead atoms. The fourth-order valence-corrected chi connectivity index (χ4v) is 2.66. The largest absolute Gasteiger partial charge is 0.377 e. The molecule has 2 rings (SSSR count). The van der Waals surface area contributed by atoms with Crippen LogP contribution >= 0.6 is 0 Å². The maximum atomic E-state index is 9.29. The topological polar surface area (TPSA) is 53.6 Å². The first-order valence-electron chi connectivity index (χ1n) is 6.72. The number of benzene rings is 1. The predicted octanol–water partition coefficient (Wildman–Crippen LogP) is 3.39. The Morgan fingerprint density at radius 1 is 1.30 bits per heavy atom. The average molecular weight is 268 g/mol. The molecule has 0 aliphatic carbocycles. The van der Waals surface area contributed by atoms with Crippen molar-refractivity contribution < 1.29 is 0 Å². The normalized spacial score (nSPS) is 12.0. The van der Waals surface area contributed by atoms with Gasteiger partial charge < -0.3 is 5.32 Å². The van der Waals surface area contributed by atoms with E-state index < -0.39 is 0 Å². The van der Waals surface area contributed by atoms with Crippen LogP contribution in [0.2, 0.25) is 0 Å². The summed E-state index contributed by atoms with van der Waals surface area (Å²) in [7, 11) is 1.95. The van der Waals surface area contributed by atoms with Gasteiger partial charge in [-0.05, 0) is 39.3 Å². The summed E-state index contributed by atoms with van der Waals surface area (Å²) in [6.45, 7) is 8.13. The molecule has 0 saturated heterocycles. The number of nitrogens with one attached hydrogen (secondary N) is 1. The van der Waals surface area contributed by atoms with Crippen molar-refractivity contribution in [1.82, 2.24) is 9.78 Å². The van der Waals surface area contributed by atoms with Crippen molar-refractivity contribution in [2.45, 2.75) is 33.7 Å². The molecule has 1 atom stereocenters. The third-order valence-electron chi connectivity index (χ3n) is 3.75. The number of nitriles is 1. The maximum Gasteiger partial charge on any atom is 0.102 e. The summed E-state index contributed by atoms with van der Waals surface area (Å²) < 4.78 is 1.89. The minimum absolute atomic E-state index is 0.109. The quantitative estimate of drug-likeness (QED) is 0.928. The fraction of sp³-hybridized carbons (Fsp3) is 0.375. The summed E-state index contributed by atoms with van der Waals surface area (Å²) in [6.07, 6.45) is 0. The van der Waals surface area contributed by atoms with E-state index in [-0.39, 0.29) is 6.04 Å². The van der Waals surface area contributed by atoms with Crippen LogP contribution in [0.1, 0.15) is 41.0 Å². The minimum atomic E-state index is 0.109. The van der Waals surface area contributed by atoms with Crippen LogP contribution in [-0.4, -0.2) is 9.78 Å². The minimum Gasteiger partial charge on any atom is -0.377 e. The molecule has 104 valence electrons. The second-order valence-electron chi connectivity index (χ2n) is 5.18. The molecule has 0 fully saturated rings. The molecule has 0 aliphatic rings. The highest BCUT2D eigenvalue weighted by atomic mass is 15.3. The summed E-state index contributed by atoms with van der Waals surface area (Å²) >= 11 is 0. The summed E-state index contributed by atoms with van der Waals surface area (Å²) in [5, 5.41) is 17.2. The molecule has 0 spiro atoms. The van der Waals surface area contributed by atoms with Crippen molar-refractivity contribution in [2.24, 2.45) is 7.05 Å². The average Bonchev–Trinajstić information content (AvgIpc) is 2.63. The Hall–Kier alpha value is -2.28. The van der Waals surface area contributed by atoms with Gasteiger partial charge in [-0.3, -0.25) is 4.68 Å². The van der Waals surface area contributed by atoms with Gasteiger partial charge in [0, 0.05) is 18.3 Å². The van der Waals surface area contributed by atoms with E-state index in [1.54, 1.807) is 0 Å². The number of hydrogen-bond donors (Lipinski definition) is 1. The van der Waals surface area contributed by atoms with Gasteiger partial charge in [-0.15, -0.1) is 0 Å². The van der Waals surface area contributed by atoms with E-state index in [9.17, 15) is 5.26 Å². The van der Waals surface area contributed by atoms with E-state index in [1.807, 2.05) is 43.8 Å². The van der Waals surface area contributed by atoms with Crippen LogP contribution in [0, 0.1) is 32.1 Å². The van der Waals surface area contributed by atoms with Gasteiger partial charge in [0.25, 0.3) is 0 Å². The van der Waals surface area contributed by atoms with E-state index in [1.165, 1.54) is 5.56 Å². The molecular weight excluding hydrogens is 248 g/mol. The SMILES string of the molecule is Cc1cccc(NC(C)c2c(C)nn(C)c2C)c1C#N. The smallest absolute Gasteiger partial charge is 0.102 e. The van der Waals surface area contributed by atoms with Crippen molar-refractivity contribution in [2.75, 3.05) is 5.32 Å². The molecule has 0 saturated carbocycles. The summed E-state index contributed by atoms with van der Waals surface area (Å²) in [6, 6.07) is 8.25. The maximum absolute atomic E-state index is 9.29. The second-order valence-corrected chi connectivity index (χ2v) is 5.18. The van der Waals surface area contributed by atoms with Crippen molar-refractivity contribution in [3.63, 3.8) is 0 Å². The first kappa shape index (κ1) is 14.1. The van der Waals surface area contributed by atoms with Crippen LogP contribution < -0.4 is 5.32 Å². The third kappa shape index (κ3) is 2.39. The highest BCUT2D eigenvalue weighted by Crippen LogP contribution is 2.27. The molecule has 20 heavy (non-hydrogen) atoms. The molecule has 4 nitrogen and oxygen atoms in total. The first-order chi connectivity index (χ1) is 9.45. The van der Waals surface area contributed by atoms with Crippen LogP contribution in [0.5, 0.6) is 0 Å². The lowest BCUT2D eigenvalue weighted by molar-refractivity contribution is 0.728. The van der Waals surface area contributed by atoms with Gasteiger partial charge in [0.1, 0.15) is 6.07 Å². The Bertz CT molecular complexity index is 677. The number of rotatable bonds is 3. The zero-order valence-corrected chi connectivity index (χ0v) is 12.7. The number of hydrogen-bond acceptors (Lipinski definition) is 3. The number of aryl methyl sites for hydroxylation is 3. The molecular formula is C16H20N4. The molecule has 0 aliphatic heterocycles. The highest BCUT2D eigenvalue weighted by Gasteiger charge is 2.17. The molecule has 0 radical (unpaired) electrons. The molecule has 1 aromatic heterocycles. The van der Waals surface area contributed by atoms with E-state index >= 15 is 0 Å². The van der Waals surface area contributed by atoms with E-state index in [4.69, 9.17) is 0 Å². The van der Waals surface area contributed by atoms with Gasteiger partial charge in [0.15, 0.2) is 0 Å². The summed E-state index contributed by atoms with van der Waals surface area (Å²) in [5.74, 6) is 0. The van der Waals surface area contributed by atoms with Crippen LogP contribution in [0.3, 0.4) is 0 Å². The van der Waals surface area contributed by atoms with Crippen LogP contribution in [-0.2, 0) is 7.05 Å². The monoisotopic (exact) mass is 268 g/mol. The van der Waals surface area contributed by atoms with Crippen molar-refractivity contribution >= 4 is 5.69 Å². The zero-order valence-electron chi connectivity index (χ0n) is 12.7. The Kier molecular flexibility index (Phi) is 3.80. The number of anilines is 1. The fourth-order valence-electron chi connectivity index (χ4n) is 2.66. The molecule has 0 amide bonds. The summed E-state index contributed by atoms with van der Waals surface area (Å²) in [4.78, 5) is 0. The lowest BCUT2D eigenvalue weighted by atomic mass is 10.0. The lowest BCUT2D eigenvalue weighted by Gasteiger charge is -2.18. The van der Waals surface area contributed by atoms with Crippen LogP contribution in [0.4, 0.5) is 5.69 Å². The Labute approximate surface area is 120 Å². The first-order valence-corrected chi connectivity index (χ1v) is 6.72. The van der Waals surface area contributed by atoms with Gasteiger partial charge in [0.05, 0.1) is 23.0 Å². The van der Waals surface area contributed by atoms with Gasteiger partial charge in [0.2, 0.25) is 0 Å². The van der Waals surface area contributed by atoms with Gasteiger partial charge in [-0.1, -0.05) is 12.1 Å². The molecule has 1 unspecified atom stereocenters. The molecule has 2 aromatic rings. The third-order valence-corrected chi connectivity index (χ3v) is 3.75. The van der Waals surface area contributed by atoms with Crippen molar-refractivity contribution in [1.29, 1.82) is 5.26 Å². The standard InChI is InChI=1S/C16H20N4/c1-10-7-6-8-15(14(10)9-17)18-11(2)16-12(3)19-20(5)13(16)4/h6-8,11,18H,1-5H3. The lowest BCUT2D eigenvalue weighted by Crippen LogP contribution is -2.10. The van der Waals surface area contributed by atoms with Gasteiger partial charge in [-0.2, -0.15) is 10.4 Å². The zero-order chi connectivity index (χ0) is 14.9. The van der Waals surface area contributed by atoms with E-state index in [0.29, 0.717) is 5.56 Å². The van der Waals surface area contributed by atoms with E-state index in [0.717, 1.165) is 22.6 Å². The van der Waals surface area contributed by atoms with Gasteiger partial charge in [-0.25, -0.2) is 0 Å². The molecule has 1 aromatic carbocycles. The van der Waals surface area contributed by atoms with E-state index in [2.05, 4.69) is 30.3 Å². The van der Waals surface area contributed by atoms with Crippen LogP contribution in [0.15, 0.2) is 18.2 Å². The molecule has 1 N–H and O–H groups in total. The highest BCUT2D eigenvalue weighted by molar-refractivity contribution is 5.61. The number of aromatic nitrogens is 2.